The van der Waals surface area contributed by atoms with Crippen molar-refractivity contribution in [3.05, 3.63) is 0 Å². The third-order valence-electron chi connectivity index (χ3n) is 0.945. The van der Waals surface area contributed by atoms with Gasteiger partial charge >= 0.3 is 5.97 Å². The molecule has 0 aromatic carbocycles. The van der Waals surface area contributed by atoms with Gasteiger partial charge in [-0.25, -0.2) is 0 Å². The molecule has 0 saturated heterocycles. The molecule has 0 fully saturated rings. The smallest absolute Gasteiger partial charge is 0.321 e. The monoisotopic (exact) mass is 164 g/mol. The summed E-state index contributed by atoms with van der Waals surface area (Å²) in [5.41, 5.74) is 5.30. The second-order valence-electron chi connectivity index (χ2n) is 2.03. The first-order valence-corrected chi connectivity index (χ1v) is 3.56. The first-order valence-electron chi connectivity index (χ1n) is 2.93. The Morgan fingerprint density at radius 2 is 2.40 bits per heavy atom. The summed E-state index contributed by atoms with van der Waals surface area (Å²) in [7, 11) is 0. The maximum atomic E-state index is 10.3. The van der Waals surface area contributed by atoms with Crippen molar-refractivity contribution < 1.29 is 9.90 Å². The van der Waals surface area contributed by atoms with Crippen molar-refractivity contribution in [2.24, 2.45) is 5.73 Å². The molecule has 0 aromatic rings. The molecule has 10 heavy (non-hydrogen) atoms. The summed E-state index contributed by atoms with van der Waals surface area (Å²) in [5, 5.41) is 11.1. The van der Waals surface area contributed by atoms with Crippen molar-refractivity contribution >= 4 is 18.6 Å². The van der Waals surface area contributed by atoms with Crippen LogP contribution in [0.5, 0.6) is 0 Å². The molecule has 0 heterocycles. The molecule has 0 spiro atoms. The minimum Gasteiger partial charge on any atom is -0.480 e. The Kier molecular flexibility index (Phi) is 4.42. The Morgan fingerprint density at radius 1 is 1.90 bits per heavy atom. The Labute approximate surface area is 65.2 Å². The number of hydrogen-bond donors (Lipinski definition) is 4. The SMILES string of the molecule is CC(N)N[C@@H](CS)C(=O)O. The van der Waals surface area contributed by atoms with Crippen LogP contribution in [-0.4, -0.2) is 29.0 Å². The topological polar surface area (TPSA) is 75.3 Å². The van der Waals surface area contributed by atoms with Crippen molar-refractivity contribution in [2.75, 3.05) is 5.75 Å². The Bertz CT molecular complexity index is 118. The summed E-state index contributed by atoms with van der Waals surface area (Å²) in [6, 6.07) is -0.650. The second-order valence-corrected chi connectivity index (χ2v) is 2.39. The van der Waals surface area contributed by atoms with Gasteiger partial charge in [0, 0.05) is 5.75 Å². The summed E-state index contributed by atoms with van der Waals surface area (Å²) in [6.45, 7) is 1.68. The van der Waals surface area contributed by atoms with Crippen molar-refractivity contribution in [2.45, 2.75) is 19.1 Å². The molecule has 0 aliphatic carbocycles. The third-order valence-corrected chi connectivity index (χ3v) is 1.31. The van der Waals surface area contributed by atoms with E-state index in [9.17, 15) is 4.79 Å². The lowest BCUT2D eigenvalue weighted by molar-refractivity contribution is -0.139. The van der Waals surface area contributed by atoms with Crippen LogP contribution in [0.15, 0.2) is 0 Å². The van der Waals surface area contributed by atoms with E-state index in [4.69, 9.17) is 10.8 Å². The van der Waals surface area contributed by atoms with Crippen LogP contribution in [0, 0.1) is 0 Å². The largest absolute Gasteiger partial charge is 0.480 e. The van der Waals surface area contributed by atoms with Crippen molar-refractivity contribution in [1.82, 2.24) is 5.32 Å². The van der Waals surface area contributed by atoms with Gasteiger partial charge in [0.25, 0.3) is 0 Å². The lowest BCUT2D eigenvalue weighted by Crippen LogP contribution is -2.47. The molecule has 0 rings (SSSR count). The standard InChI is InChI=1S/C5H12N2O2S/c1-3(6)7-4(2-10)5(8)9/h3-4,7,10H,2,6H2,1H3,(H,8,9)/t3?,4-/m0/s1. The maximum Gasteiger partial charge on any atom is 0.321 e. The van der Waals surface area contributed by atoms with Gasteiger partial charge in [-0.2, -0.15) is 12.6 Å². The van der Waals surface area contributed by atoms with Crippen LogP contribution in [0.1, 0.15) is 6.92 Å². The fourth-order valence-corrected chi connectivity index (χ4v) is 0.781. The molecular formula is C5H12N2O2S. The Hall–Kier alpha value is -0.260. The van der Waals surface area contributed by atoms with Crippen LogP contribution < -0.4 is 11.1 Å². The average molecular weight is 164 g/mol. The molecule has 4 nitrogen and oxygen atoms in total. The summed E-state index contributed by atoms with van der Waals surface area (Å²) < 4.78 is 0. The predicted molar refractivity (Wildman–Crippen MR) is 42.1 cm³/mol. The Morgan fingerprint density at radius 3 is 2.50 bits per heavy atom. The van der Waals surface area contributed by atoms with E-state index in [1.54, 1.807) is 6.92 Å². The lowest BCUT2D eigenvalue weighted by atomic mass is 10.3. The number of thiol groups is 1. The van der Waals surface area contributed by atoms with E-state index in [1.165, 1.54) is 0 Å². The highest BCUT2D eigenvalue weighted by Crippen LogP contribution is 1.88. The maximum absolute atomic E-state index is 10.3. The van der Waals surface area contributed by atoms with Crippen molar-refractivity contribution in [1.29, 1.82) is 0 Å². The van der Waals surface area contributed by atoms with Crippen LogP contribution in [-0.2, 0) is 4.79 Å². The number of carboxylic acid groups (broad SMARTS) is 1. The molecule has 0 saturated carbocycles. The van der Waals surface area contributed by atoms with E-state index in [1.807, 2.05) is 0 Å². The van der Waals surface area contributed by atoms with Gasteiger partial charge in [-0.05, 0) is 6.92 Å². The predicted octanol–water partition coefficient (Wildman–Crippen LogP) is -0.736. The minimum atomic E-state index is -0.924. The second kappa shape index (κ2) is 4.54. The molecule has 0 radical (unpaired) electrons. The molecular weight excluding hydrogens is 152 g/mol. The molecule has 5 heteroatoms. The number of nitrogens with one attached hydrogen (secondary N) is 1. The molecule has 0 aromatic heterocycles. The van der Waals surface area contributed by atoms with Gasteiger partial charge in [-0.15, -0.1) is 0 Å². The quantitative estimate of drug-likeness (QED) is 0.326. The van der Waals surface area contributed by atoms with E-state index in [0.29, 0.717) is 0 Å². The molecule has 1 unspecified atom stereocenters. The summed E-state index contributed by atoms with van der Waals surface area (Å²) in [5.74, 6) is -0.677. The first-order chi connectivity index (χ1) is 4.57. The van der Waals surface area contributed by atoms with Gasteiger partial charge in [-0.3, -0.25) is 10.1 Å². The average Bonchev–Trinajstić information content (AvgIpc) is 1.81. The normalized spacial score (nSPS) is 16.3. The zero-order valence-electron chi connectivity index (χ0n) is 5.74. The van der Waals surface area contributed by atoms with Gasteiger partial charge < -0.3 is 10.8 Å². The van der Waals surface area contributed by atoms with Gasteiger partial charge in [0.2, 0.25) is 0 Å². The van der Waals surface area contributed by atoms with Crippen LogP contribution in [0.2, 0.25) is 0 Å². The number of hydrogen-bond acceptors (Lipinski definition) is 4. The number of carbonyl (C=O) groups is 1. The molecule has 0 bridgehead atoms. The summed E-state index contributed by atoms with van der Waals surface area (Å²) in [4.78, 5) is 10.3. The van der Waals surface area contributed by atoms with Gasteiger partial charge in [-0.1, -0.05) is 0 Å². The third kappa shape index (κ3) is 3.71. The molecule has 0 aliphatic heterocycles. The van der Waals surface area contributed by atoms with E-state index >= 15 is 0 Å². The first kappa shape index (κ1) is 9.74. The van der Waals surface area contributed by atoms with Gasteiger partial charge in [0.15, 0.2) is 0 Å². The highest BCUT2D eigenvalue weighted by Gasteiger charge is 2.15. The number of aliphatic carboxylic acids is 1. The fourth-order valence-electron chi connectivity index (χ4n) is 0.519. The fraction of sp³-hybridized carbons (Fsp3) is 0.800. The molecule has 0 amide bonds. The van der Waals surface area contributed by atoms with Crippen LogP contribution >= 0.6 is 12.6 Å². The Balaban J connectivity index is 3.72. The van der Waals surface area contributed by atoms with E-state index < -0.39 is 12.0 Å². The summed E-state index contributed by atoms with van der Waals surface area (Å²) in [6.07, 6.45) is -0.312. The number of rotatable bonds is 4. The van der Waals surface area contributed by atoms with Gasteiger partial charge in [0.1, 0.15) is 6.04 Å². The van der Waals surface area contributed by atoms with Crippen LogP contribution in [0.4, 0.5) is 0 Å². The van der Waals surface area contributed by atoms with E-state index in [0.717, 1.165) is 0 Å². The minimum absolute atomic E-state index is 0.247. The summed E-state index contributed by atoms with van der Waals surface area (Å²) >= 11 is 3.83. The van der Waals surface area contributed by atoms with Crippen molar-refractivity contribution in [3.63, 3.8) is 0 Å². The molecule has 60 valence electrons. The van der Waals surface area contributed by atoms with E-state index in [2.05, 4.69) is 17.9 Å². The zero-order chi connectivity index (χ0) is 8.15. The molecule has 4 N–H and O–H groups in total. The zero-order valence-corrected chi connectivity index (χ0v) is 6.64. The van der Waals surface area contributed by atoms with Crippen LogP contribution in [0.3, 0.4) is 0 Å². The molecule has 2 atom stereocenters. The molecule has 0 aliphatic rings. The number of carboxylic acids is 1. The highest BCUT2D eigenvalue weighted by molar-refractivity contribution is 7.80. The number of nitrogens with two attached hydrogens (primary N) is 1. The van der Waals surface area contributed by atoms with Crippen LogP contribution in [0.25, 0.3) is 0 Å². The van der Waals surface area contributed by atoms with Gasteiger partial charge in [0.05, 0.1) is 6.17 Å². The lowest BCUT2D eigenvalue weighted by Gasteiger charge is -2.13. The van der Waals surface area contributed by atoms with E-state index in [-0.39, 0.29) is 11.9 Å². The van der Waals surface area contributed by atoms with Crippen molar-refractivity contribution in [3.8, 4) is 0 Å². The highest BCUT2D eigenvalue weighted by atomic mass is 32.1.